The van der Waals surface area contributed by atoms with E-state index >= 15 is 0 Å². The standard InChI is InChI=1S/C20H21FN4O/c21-18-8-6-17(7-9-18)20-22-19(26-23-20)15-25-12-10-24(11-13-25)14-16-4-2-1-3-5-16/h1-9H,10-15H2. The average Bonchev–Trinajstić information content (AvgIpc) is 3.13. The van der Waals surface area contributed by atoms with Gasteiger partial charge in [0.1, 0.15) is 5.82 Å². The van der Waals surface area contributed by atoms with Crippen LogP contribution in [0, 0.1) is 5.82 Å². The molecule has 0 saturated carbocycles. The molecular weight excluding hydrogens is 331 g/mol. The van der Waals surface area contributed by atoms with E-state index in [9.17, 15) is 4.39 Å². The van der Waals surface area contributed by atoms with E-state index in [4.69, 9.17) is 4.52 Å². The Bertz CT molecular complexity index is 827. The van der Waals surface area contributed by atoms with E-state index < -0.39 is 0 Å². The second-order valence-electron chi connectivity index (χ2n) is 6.56. The monoisotopic (exact) mass is 352 g/mol. The molecule has 1 saturated heterocycles. The van der Waals surface area contributed by atoms with Crippen molar-refractivity contribution in [1.29, 1.82) is 0 Å². The number of hydrogen-bond donors (Lipinski definition) is 0. The van der Waals surface area contributed by atoms with Crippen molar-refractivity contribution in [2.45, 2.75) is 13.1 Å². The van der Waals surface area contributed by atoms with Crippen LogP contribution in [0.2, 0.25) is 0 Å². The summed E-state index contributed by atoms with van der Waals surface area (Å²) in [4.78, 5) is 9.22. The highest BCUT2D eigenvalue weighted by molar-refractivity contribution is 5.53. The van der Waals surface area contributed by atoms with Gasteiger partial charge in [-0.25, -0.2) is 4.39 Å². The Morgan fingerprint density at radius 2 is 1.50 bits per heavy atom. The zero-order valence-electron chi connectivity index (χ0n) is 14.5. The number of nitrogens with zero attached hydrogens (tertiary/aromatic N) is 4. The molecule has 2 aromatic carbocycles. The quantitative estimate of drug-likeness (QED) is 0.706. The van der Waals surface area contributed by atoms with Gasteiger partial charge in [0.05, 0.1) is 6.54 Å². The van der Waals surface area contributed by atoms with Crippen LogP contribution in [0.1, 0.15) is 11.5 Å². The molecular formula is C20H21FN4O. The minimum Gasteiger partial charge on any atom is -0.338 e. The molecule has 5 nitrogen and oxygen atoms in total. The molecule has 134 valence electrons. The summed E-state index contributed by atoms with van der Waals surface area (Å²) in [6.45, 7) is 5.63. The number of benzene rings is 2. The van der Waals surface area contributed by atoms with Gasteiger partial charge in [-0.1, -0.05) is 35.5 Å². The smallest absolute Gasteiger partial charge is 0.241 e. The van der Waals surface area contributed by atoms with Crippen molar-refractivity contribution in [3.8, 4) is 11.4 Å². The molecule has 0 spiro atoms. The molecule has 26 heavy (non-hydrogen) atoms. The first kappa shape index (κ1) is 16.9. The predicted molar refractivity (Wildman–Crippen MR) is 96.7 cm³/mol. The number of halogens is 1. The molecule has 0 radical (unpaired) electrons. The lowest BCUT2D eigenvalue weighted by Gasteiger charge is -2.33. The van der Waals surface area contributed by atoms with Crippen LogP contribution in [-0.2, 0) is 13.1 Å². The van der Waals surface area contributed by atoms with Crippen LogP contribution in [0.25, 0.3) is 11.4 Å². The SMILES string of the molecule is Fc1ccc(-c2noc(CN3CCN(Cc4ccccc4)CC3)n2)cc1. The summed E-state index contributed by atoms with van der Waals surface area (Å²) in [7, 11) is 0. The largest absolute Gasteiger partial charge is 0.338 e. The van der Waals surface area contributed by atoms with Gasteiger partial charge in [0, 0.05) is 38.3 Å². The van der Waals surface area contributed by atoms with Crippen molar-refractivity contribution in [2.24, 2.45) is 0 Å². The summed E-state index contributed by atoms with van der Waals surface area (Å²) in [5.74, 6) is 0.828. The fraction of sp³-hybridized carbons (Fsp3) is 0.300. The van der Waals surface area contributed by atoms with Crippen LogP contribution in [-0.4, -0.2) is 46.1 Å². The molecule has 0 unspecified atom stereocenters. The normalized spacial score (nSPS) is 16.0. The van der Waals surface area contributed by atoms with E-state index in [1.807, 2.05) is 6.07 Å². The topological polar surface area (TPSA) is 45.4 Å². The minimum atomic E-state index is -0.272. The van der Waals surface area contributed by atoms with Gasteiger partial charge in [0.15, 0.2) is 0 Å². The number of rotatable bonds is 5. The van der Waals surface area contributed by atoms with Crippen molar-refractivity contribution >= 4 is 0 Å². The summed E-state index contributed by atoms with van der Waals surface area (Å²) in [6, 6.07) is 16.7. The Kier molecular flexibility index (Phi) is 5.04. The van der Waals surface area contributed by atoms with Crippen LogP contribution in [0.15, 0.2) is 59.1 Å². The van der Waals surface area contributed by atoms with Crippen molar-refractivity contribution in [3.05, 3.63) is 71.9 Å². The number of aromatic nitrogens is 2. The average molecular weight is 352 g/mol. The third kappa shape index (κ3) is 4.15. The van der Waals surface area contributed by atoms with E-state index in [0.717, 1.165) is 38.3 Å². The third-order valence-corrected chi connectivity index (χ3v) is 4.64. The molecule has 4 rings (SSSR count). The molecule has 1 aromatic heterocycles. The molecule has 0 amide bonds. The summed E-state index contributed by atoms with van der Waals surface area (Å²) in [5, 5.41) is 4.01. The maximum Gasteiger partial charge on any atom is 0.241 e. The fourth-order valence-corrected chi connectivity index (χ4v) is 3.17. The van der Waals surface area contributed by atoms with Gasteiger partial charge in [-0.05, 0) is 29.8 Å². The van der Waals surface area contributed by atoms with Crippen molar-refractivity contribution in [2.75, 3.05) is 26.2 Å². The van der Waals surface area contributed by atoms with Crippen LogP contribution in [0.4, 0.5) is 4.39 Å². The Morgan fingerprint density at radius 1 is 0.846 bits per heavy atom. The highest BCUT2D eigenvalue weighted by Gasteiger charge is 2.19. The highest BCUT2D eigenvalue weighted by Crippen LogP contribution is 2.17. The van der Waals surface area contributed by atoms with Crippen LogP contribution in [0.3, 0.4) is 0 Å². The van der Waals surface area contributed by atoms with Crippen LogP contribution >= 0.6 is 0 Å². The summed E-state index contributed by atoms with van der Waals surface area (Å²) in [5.41, 5.74) is 2.11. The number of hydrogen-bond acceptors (Lipinski definition) is 5. The lowest BCUT2D eigenvalue weighted by molar-refractivity contribution is 0.112. The van der Waals surface area contributed by atoms with Gasteiger partial charge in [-0.15, -0.1) is 0 Å². The molecule has 0 bridgehead atoms. The predicted octanol–water partition coefficient (Wildman–Crippen LogP) is 3.19. The Morgan fingerprint density at radius 3 is 2.19 bits per heavy atom. The lowest BCUT2D eigenvalue weighted by atomic mass is 10.2. The van der Waals surface area contributed by atoms with Gasteiger partial charge < -0.3 is 4.52 Å². The maximum absolute atomic E-state index is 13.0. The molecule has 1 fully saturated rings. The maximum atomic E-state index is 13.0. The minimum absolute atomic E-state index is 0.272. The van der Waals surface area contributed by atoms with Crippen molar-refractivity contribution < 1.29 is 8.91 Å². The van der Waals surface area contributed by atoms with Gasteiger partial charge in [0.25, 0.3) is 0 Å². The van der Waals surface area contributed by atoms with Crippen LogP contribution in [0.5, 0.6) is 0 Å². The zero-order chi connectivity index (χ0) is 17.8. The molecule has 3 aromatic rings. The third-order valence-electron chi connectivity index (χ3n) is 4.64. The Balaban J connectivity index is 1.30. The molecule has 0 atom stereocenters. The fourth-order valence-electron chi connectivity index (χ4n) is 3.17. The highest BCUT2D eigenvalue weighted by atomic mass is 19.1. The Labute approximate surface area is 152 Å². The van der Waals surface area contributed by atoms with Crippen molar-refractivity contribution in [1.82, 2.24) is 19.9 Å². The first-order chi connectivity index (χ1) is 12.8. The van der Waals surface area contributed by atoms with E-state index in [1.54, 1.807) is 12.1 Å². The molecule has 2 heterocycles. The van der Waals surface area contributed by atoms with E-state index in [1.165, 1.54) is 17.7 Å². The summed E-state index contributed by atoms with van der Waals surface area (Å²) >= 11 is 0. The summed E-state index contributed by atoms with van der Waals surface area (Å²) < 4.78 is 18.4. The van der Waals surface area contributed by atoms with Gasteiger partial charge in [-0.2, -0.15) is 4.98 Å². The van der Waals surface area contributed by atoms with E-state index in [-0.39, 0.29) is 5.82 Å². The molecule has 6 heteroatoms. The van der Waals surface area contributed by atoms with E-state index in [2.05, 4.69) is 44.2 Å². The van der Waals surface area contributed by atoms with Crippen LogP contribution < -0.4 is 0 Å². The molecule has 0 aliphatic carbocycles. The summed E-state index contributed by atoms with van der Waals surface area (Å²) in [6.07, 6.45) is 0. The van der Waals surface area contributed by atoms with Crippen molar-refractivity contribution in [3.63, 3.8) is 0 Å². The van der Waals surface area contributed by atoms with Gasteiger partial charge in [0.2, 0.25) is 11.7 Å². The second kappa shape index (κ2) is 7.76. The van der Waals surface area contributed by atoms with E-state index in [0.29, 0.717) is 18.3 Å². The number of piperazine rings is 1. The molecule has 0 N–H and O–H groups in total. The first-order valence-corrected chi connectivity index (χ1v) is 8.83. The second-order valence-corrected chi connectivity index (χ2v) is 6.56. The van der Waals surface area contributed by atoms with Gasteiger partial charge in [-0.3, -0.25) is 9.80 Å². The Hall–Kier alpha value is -2.57. The zero-order valence-corrected chi connectivity index (χ0v) is 14.5. The molecule has 1 aliphatic heterocycles. The molecule has 1 aliphatic rings. The lowest BCUT2D eigenvalue weighted by Crippen LogP contribution is -2.45. The van der Waals surface area contributed by atoms with Gasteiger partial charge >= 0.3 is 0 Å². The first-order valence-electron chi connectivity index (χ1n) is 8.83.